The summed E-state index contributed by atoms with van der Waals surface area (Å²) < 4.78 is 13.4. The predicted molar refractivity (Wildman–Crippen MR) is 78.9 cm³/mol. The van der Waals surface area contributed by atoms with Crippen LogP contribution in [0.2, 0.25) is 0 Å². The fourth-order valence-corrected chi connectivity index (χ4v) is 2.08. The van der Waals surface area contributed by atoms with E-state index in [0.717, 1.165) is 26.2 Å². The van der Waals surface area contributed by atoms with E-state index < -0.39 is 5.82 Å². The minimum Gasteiger partial charge on any atom is -0.320 e. The average molecular weight is 290 g/mol. The number of likely N-dealkylation sites (N-methyl/N-ethyl adjacent to an activating group) is 1. The van der Waals surface area contributed by atoms with Crippen LogP contribution in [0.25, 0.3) is 0 Å². The first-order valence-corrected chi connectivity index (χ1v) is 6.83. The molecule has 6 heteroatoms. The lowest BCUT2D eigenvalue weighted by molar-refractivity contribution is 0.0662. The van der Waals surface area contributed by atoms with E-state index in [9.17, 15) is 9.18 Å². The molecule has 0 aromatic heterocycles. The summed E-state index contributed by atoms with van der Waals surface area (Å²) in [6, 6.07) is 3.98. The highest BCUT2D eigenvalue weighted by molar-refractivity contribution is 5.96. The van der Waals surface area contributed by atoms with Gasteiger partial charge in [0.2, 0.25) is 0 Å². The fraction of sp³-hybridized carbons (Fsp3) is 0.400. The number of nitrogens with zero attached hydrogens (tertiary/aromatic N) is 2. The van der Waals surface area contributed by atoms with Gasteiger partial charge in [-0.05, 0) is 25.2 Å². The van der Waals surface area contributed by atoms with Crippen molar-refractivity contribution in [2.75, 3.05) is 39.8 Å². The highest BCUT2D eigenvalue weighted by Crippen LogP contribution is 2.11. The molecule has 1 aliphatic heterocycles. The molecule has 0 atom stereocenters. The highest BCUT2D eigenvalue weighted by atomic mass is 19.1. The third-order valence-corrected chi connectivity index (χ3v) is 3.31. The average Bonchev–Trinajstić information content (AvgIpc) is 2.48. The summed E-state index contributed by atoms with van der Waals surface area (Å²) in [5, 5.41) is 1.84. The molecule has 0 unspecified atom stereocenters. The molecule has 0 spiro atoms. The monoisotopic (exact) mass is 290 g/mol. The maximum Gasteiger partial charge on any atom is 0.266 e. The number of nitrogens with two attached hydrogens (primary N) is 1. The van der Waals surface area contributed by atoms with Crippen LogP contribution in [-0.4, -0.2) is 55.6 Å². The first-order valence-electron chi connectivity index (χ1n) is 6.83. The molecule has 0 aliphatic carbocycles. The van der Waals surface area contributed by atoms with E-state index in [1.807, 2.05) is 12.1 Å². The largest absolute Gasteiger partial charge is 0.320 e. The Hall–Kier alpha value is -1.94. The van der Waals surface area contributed by atoms with Gasteiger partial charge in [0.05, 0.1) is 12.1 Å². The van der Waals surface area contributed by atoms with Gasteiger partial charge in [-0.3, -0.25) is 10.2 Å². The number of rotatable bonds is 2. The van der Waals surface area contributed by atoms with E-state index in [0.29, 0.717) is 5.56 Å². The standard InChI is InChI=1S/C15H19FN4O/c1-19-7-9-20(10-8-19)18-15(21)14-11-13(16)5-4-12(14)3-2-6-17/h4-5,11H,6-10,17H2,1H3,(H,18,21). The van der Waals surface area contributed by atoms with Crippen molar-refractivity contribution in [3.05, 3.63) is 35.1 Å². The van der Waals surface area contributed by atoms with Gasteiger partial charge in [-0.15, -0.1) is 0 Å². The van der Waals surface area contributed by atoms with Gasteiger partial charge in [-0.1, -0.05) is 11.8 Å². The maximum atomic E-state index is 13.4. The number of hydrazine groups is 1. The Morgan fingerprint density at radius 2 is 2.10 bits per heavy atom. The van der Waals surface area contributed by atoms with Crippen molar-refractivity contribution in [2.45, 2.75) is 0 Å². The Morgan fingerprint density at radius 3 is 2.76 bits per heavy atom. The van der Waals surface area contributed by atoms with Gasteiger partial charge in [-0.2, -0.15) is 0 Å². The zero-order chi connectivity index (χ0) is 15.2. The molecule has 1 aromatic carbocycles. The molecule has 1 aromatic rings. The molecular weight excluding hydrogens is 271 g/mol. The number of nitrogens with one attached hydrogen (secondary N) is 1. The smallest absolute Gasteiger partial charge is 0.266 e. The molecule has 1 amide bonds. The van der Waals surface area contributed by atoms with E-state index >= 15 is 0 Å². The molecule has 1 heterocycles. The molecule has 0 saturated carbocycles. The zero-order valence-corrected chi connectivity index (χ0v) is 12.0. The quantitative estimate of drug-likeness (QED) is 0.754. The first kappa shape index (κ1) is 15.4. The van der Waals surface area contributed by atoms with Crippen LogP contribution in [0.4, 0.5) is 4.39 Å². The molecule has 2 rings (SSSR count). The molecule has 21 heavy (non-hydrogen) atoms. The molecule has 3 N–H and O–H groups in total. The van der Waals surface area contributed by atoms with Gasteiger partial charge in [0.1, 0.15) is 5.82 Å². The number of carbonyl (C=O) groups excluding carboxylic acids is 1. The van der Waals surface area contributed by atoms with Gasteiger partial charge < -0.3 is 10.6 Å². The molecule has 112 valence electrons. The molecular formula is C15H19FN4O. The van der Waals surface area contributed by atoms with Gasteiger partial charge >= 0.3 is 0 Å². The van der Waals surface area contributed by atoms with E-state index in [1.54, 1.807) is 0 Å². The first-order chi connectivity index (χ1) is 10.1. The third-order valence-electron chi connectivity index (χ3n) is 3.31. The number of hydrogen-bond donors (Lipinski definition) is 2. The topological polar surface area (TPSA) is 61.6 Å². The molecule has 5 nitrogen and oxygen atoms in total. The van der Waals surface area contributed by atoms with E-state index in [-0.39, 0.29) is 18.0 Å². The molecule has 0 bridgehead atoms. The Kier molecular flexibility index (Phi) is 5.28. The normalized spacial score (nSPS) is 16.1. The Morgan fingerprint density at radius 1 is 1.38 bits per heavy atom. The molecule has 0 radical (unpaired) electrons. The Bertz CT molecular complexity index is 571. The number of halogens is 1. The van der Waals surface area contributed by atoms with Crippen molar-refractivity contribution < 1.29 is 9.18 Å². The van der Waals surface area contributed by atoms with Crippen molar-refractivity contribution in [1.82, 2.24) is 15.3 Å². The van der Waals surface area contributed by atoms with Gasteiger partial charge in [-0.25, -0.2) is 9.40 Å². The van der Waals surface area contributed by atoms with Gasteiger partial charge in [0.15, 0.2) is 0 Å². The SMILES string of the molecule is CN1CCN(NC(=O)c2cc(F)ccc2C#CCN)CC1. The lowest BCUT2D eigenvalue weighted by Crippen LogP contribution is -2.52. The second-order valence-electron chi connectivity index (χ2n) is 4.93. The van der Waals surface area contributed by atoms with Crippen LogP contribution >= 0.6 is 0 Å². The maximum absolute atomic E-state index is 13.4. The summed E-state index contributed by atoms with van der Waals surface area (Å²) in [4.78, 5) is 14.5. The van der Waals surface area contributed by atoms with Crippen molar-refractivity contribution in [3.8, 4) is 11.8 Å². The predicted octanol–water partition coefficient (Wildman–Crippen LogP) is 0.0281. The summed E-state index contributed by atoms with van der Waals surface area (Å²) in [6.45, 7) is 3.42. The number of piperazine rings is 1. The van der Waals surface area contributed by atoms with Gasteiger partial charge in [0, 0.05) is 31.7 Å². The van der Waals surface area contributed by atoms with Crippen LogP contribution in [0.5, 0.6) is 0 Å². The van der Waals surface area contributed by atoms with Gasteiger partial charge in [0.25, 0.3) is 5.91 Å². The number of carbonyl (C=O) groups is 1. The van der Waals surface area contributed by atoms with Crippen LogP contribution in [0.15, 0.2) is 18.2 Å². The lowest BCUT2D eigenvalue weighted by atomic mass is 10.1. The highest BCUT2D eigenvalue weighted by Gasteiger charge is 2.18. The number of amides is 1. The minimum absolute atomic E-state index is 0.191. The van der Waals surface area contributed by atoms with Crippen molar-refractivity contribution >= 4 is 5.91 Å². The van der Waals surface area contributed by atoms with Crippen LogP contribution in [0, 0.1) is 17.7 Å². The second kappa shape index (κ2) is 7.18. The summed E-state index contributed by atoms with van der Waals surface area (Å²) >= 11 is 0. The summed E-state index contributed by atoms with van der Waals surface area (Å²) in [6.07, 6.45) is 0. The number of hydrogen-bond acceptors (Lipinski definition) is 4. The summed E-state index contributed by atoms with van der Waals surface area (Å²) in [5.74, 6) is 4.67. The van der Waals surface area contributed by atoms with Crippen LogP contribution in [-0.2, 0) is 0 Å². The fourth-order valence-electron chi connectivity index (χ4n) is 2.08. The Balaban J connectivity index is 2.12. The van der Waals surface area contributed by atoms with E-state index in [4.69, 9.17) is 5.73 Å². The molecule has 1 saturated heterocycles. The zero-order valence-electron chi connectivity index (χ0n) is 12.0. The van der Waals surface area contributed by atoms with E-state index in [1.165, 1.54) is 18.2 Å². The van der Waals surface area contributed by atoms with Crippen LogP contribution in [0.3, 0.4) is 0 Å². The minimum atomic E-state index is -0.461. The van der Waals surface area contributed by atoms with Crippen molar-refractivity contribution in [3.63, 3.8) is 0 Å². The third kappa shape index (κ3) is 4.26. The molecule has 1 aliphatic rings. The van der Waals surface area contributed by atoms with Crippen LogP contribution < -0.4 is 11.2 Å². The Labute approximate surface area is 123 Å². The van der Waals surface area contributed by atoms with Crippen molar-refractivity contribution in [2.24, 2.45) is 5.73 Å². The molecule has 1 fully saturated rings. The number of benzene rings is 1. The second-order valence-corrected chi connectivity index (χ2v) is 4.93. The summed E-state index contributed by atoms with van der Waals surface area (Å²) in [7, 11) is 2.03. The lowest BCUT2D eigenvalue weighted by Gasteiger charge is -2.32. The van der Waals surface area contributed by atoms with Crippen LogP contribution in [0.1, 0.15) is 15.9 Å². The van der Waals surface area contributed by atoms with Crippen molar-refractivity contribution in [1.29, 1.82) is 0 Å². The summed E-state index contributed by atoms with van der Waals surface area (Å²) in [5.41, 5.74) is 8.85. The van der Waals surface area contributed by atoms with E-state index in [2.05, 4.69) is 22.2 Å².